The summed E-state index contributed by atoms with van der Waals surface area (Å²) in [6.07, 6.45) is -3.53. The molecular formula is C10H10F3N3O. The maximum atomic E-state index is 12.2. The van der Waals surface area contributed by atoms with Crippen molar-refractivity contribution >= 4 is 0 Å². The van der Waals surface area contributed by atoms with E-state index in [1.54, 1.807) is 0 Å². The number of nitrogens with two attached hydrogens (primary N) is 1. The van der Waals surface area contributed by atoms with Crippen molar-refractivity contribution in [3.8, 4) is 11.8 Å². The van der Waals surface area contributed by atoms with Gasteiger partial charge in [0.05, 0.1) is 18.2 Å². The van der Waals surface area contributed by atoms with Crippen LogP contribution in [0.2, 0.25) is 0 Å². The molecule has 0 aliphatic rings. The van der Waals surface area contributed by atoms with E-state index >= 15 is 0 Å². The standard InChI is InChI=1S/C10H10F3N3O/c1-6-9(17-10(11,12)13)8(4-15)7(2-3-14)5-16-6/h5H,2,4,15H2,1H3. The summed E-state index contributed by atoms with van der Waals surface area (Å²) in [5.74, 6) is -0.409. The van der Waals surface area contributed by atoms with Gasteiger partial charge in [-0.25, -0.2) is 0 Å². The van der Waals surface area contributed by atoms with E-state index in [0.29, 0.717) is 5.56 Å². The molecule has 0 radical (unpaired) electrons. The zero-order chi connectivity index (χ0) is 13.1. The van der Waals surface area contributed by atoms with Gasteiger partial charge in [-0.2, -0.15) is 5.26 Å². The molecule has 92 valence electrons. The van der Waals surface area contributed by atoms with Crippen LogP contribution in [-0.2, 0) is 13.0 Å². The second-order valence-corrected chi connectivity index (χ2v) is 3.26. The summed E-state index contributed by atoms with van der Waals surface area (Å²) in [5, 5.41) is 8.55. The van der Waals surface area contributed by atoms with Crippen molar-refractivity contribution in [3.05, 3.63) is 23.0 Å². The first-order valence-corrected chi connectivity index (χ1v) is 4.69. The Bertz CT molecular complexity index is 451. The monoisotopic (exact) mass is 245 g/mol. The number of nitriles is 1. The van der Waals surface area contributed by atoms with E-state index < -0.39 is 12.1 Å². The lowest BCUT2D eigenvalue weighted by Gasteiger charge is -2.16. The Hall–Kier alpha value is -1.81. The average Bonchev–Trinajstić information content (AvgIpc) is 2.22. The highest BCUT2D eigenvalue weighted by Crippen LogP contribution is 2.30. The third-order valence-corrected chi connectivity index (χ3v) is 2.10. The van der Waals surface area contributed by atoms with Gasteiger partial charge in [-0.1, -0.05) is 0 Å². The van der Waals surface area contributed by atoms with E-state index in [1.807, 2.05) is 6.07 Å². The van der Waals surface area contributed by atoms with Crippen molar-refractivity contribution in [2.24, 2.45) is 5.73 Å². The number of hydrogen-bond acceptors (Lipinski definition) is 4. The highest BCUT2D eigenvalue weighted by Gasteiger charge is 2.33. The van der Waals surface area contributed by atoms with E-state index in [9.17, 15) is 13.2 Å². The number of hydrogen-bond donors (Lipinski definition) is 1. The van der Waals surface area contributed by atoms with Crippen molar-refractivity contribution in [1.82, 2.24) is 4.98 Å². The Balaban J connectivity index is 3.26. The highest BCUT2D eigenvalue weighted by molar-refractivity contribution is 5.43. The zero-order valence-electron chi connectivity index (χ0n) is 9.01. The Kier molecular flexibility index (Phi) is 3.91. The third-order valence-electron chi connectivity index (χ3n) is 2.10. The lowest BCUT2D eigenvalue weighted by Crippen LogP contribution is -2.20. The Morgan fingerprint density at radius 3 is 2.65 bits per heavy atom. The van der Waals surface area contributed by atoms with Gasteiger partial charge in [0, 0.05) is 18.3 Å². The van der Waals surface area contributed by atoms with Crippen LogP contribution in [0.3, 0.4) is 0 Å². The number of nitrogens with zero attached hydrogens (tertiary/aromatic N) is 2. The van der Waals surface area contributed by atoms with E-state index in [0.717, 1.165) is 0 Å². The summed E-state index contributed by atoms with van der Waals surface area (Å²) in [6.45, 7) is 1.24. The van der Waals surface area contributed by atoms with Gasteiger partial charge in [-0.15, -0.1) is 13.2 Å². The molecule has 0 saturated heterocycles. The molecule has 0 aliphatic carbocycles. The van der Waals surface area contributed by atoms with E-state index in [2.05, 4.69) is 9.72 Å². The molecule has 1 aromatic rings. The van der Waals surface area contributed by atoms with Gasteiger partial charge in [0.1, 0.15) is 0 Å². The first-order chi connectivity index (χ1) is 7.89. The number of ether oxygens (including phenoxy) is 1. The first-order valence-electron chi connectivity index (χ1n) is 4.69. The maximum absolute atomic E-state index is 12.2. The smallest absolute Gasteiger partial charge is 0.403 e. The van der Waals surface area contributed by atoms with E-state index in [1.165, 1.54) is 13.1 Å². The van der Waals surface area contributed by atoms with Crippen LogP contribution in [0.4, 0.5) is 13.2 Å². The molecule has 1 heterocycles. The minimum atomic E-state index is -4.80. The Morgan fingerprint density at radius 1 is 1.53 bits per heavy atom. The molecule has 0 bridgehead atoms. The van der Waals surface area contributed by atoms with Crippen LogP contribution in [-0.4, -0.2) is 11.3 Å². The van der Waals surface area contributed by atoms with Crippen LogP contribution in [0, 0.1) is 18.3 Å². The van der Waals surface area contributed by atoms with Crippen LogP contribution < -0.4 is 10.5 Å². The van der Waals surface area contributed by atoms with Crippen molar-refractivity contribution < 1.29 is 17.9 Å². The van der Waals surface area contributed by atoms with Crippen LogP contribution in [0.5, 0.6) is 5.75 Å². The van der Waals surface area contributed by atoms with Gasteiger partial charge in [-0.05, 0) is 12.5 Å². The Labute approximate surface area is 95.8 Å². The molecular weight excluding hydrogens is 235 g/mol. The zero-order valence-corrected chi connectivity index (χ0v) is 9.01. The quantitative estimate of drug-likeness (QED) is 0.881. The highest BCUT2D eigenvalue weighted by atomic mass is 19.4. The molecule has 0 atom stereocenters. The number of halogens is 3. The summed E-state index contributed by atoms with van der Waals surface area (Å²) in [4.78, 5) is 3.76. The lowest BCUT2D eigenvalue weighted by molar-refractivity contribution is -0.275. The van der Waals surface area contributed by atoms with Crippen LogP contribution in [0.15, 0.2) is 6.20 Å². The fourth-order valence-corrected chi connectivity index (χ4v) is 1.39. The van der Waals surface area contributed by atoms with Gasteiger partial charge in [0.25, 0.3) is 0 Å². The predicted octanol–water partition coefficient (Wildman–Crippen LogP) is 1.81. The van der Waals surface area contributed by atoms with Crippen molar-refractivity contribution in [1.29, 1.82) is 5.26 Å². The van der Waals surface area contributed by atoms with Crippen molar-refractivity contribution in [2.45, 2.75) is 26.3 Å². The molecule has 0 spiro atoms. The molecule has 0 fully saturated rings. The van der Waals surface area contributed by atoms with Crippen molar-refractivity contribution in [3.63, 3.8) is 0 Å². The molecule has 1 aromatic heterocycles. The molecule has 2 N–H and O–H groups in total. The summed E-state index contributed by atoms with van der Waals surface area (Å²) < 4.78 is 40.5. The summed E-state index contributed by atoms with van der Waals surface area (Å²) in [6, 6.07) is 1.84. The summed E-state index contributed by atoms with van der Waals surface area (Å²) in [7, 11) is 0. The molecule has 7 heteroatoms. The molecule has 1 rings (SSSR count). The molecule has 17 heavy (non-hydrogen) atoms. The minimum absolute atomic E-state index is 0.0615. The van der Waals surface area contributed by atoms with Crippen LogP contribution in [0.1, 0.15) is 16.8 Å². The minimum Gasteiger partial charge on any atom is -0.403 e. The third kappa shape index (κ3) is 3.32. The van der Waals surface area contributed by atoms with Crippen LogP contribution in [0.25, 0.3) is 0 Å². The topological polar surface area (TPSA) is 71.9 Å². The molecule has 0 unspecified atom stereocenters. The normalized spacial score (nSPS) is 11.1. The number of pyridine rings is 1. The predicted molar refractivity (Wildman–Crippen MR) is 52.9 cm³/mol. The van der Waals surface area contributed by atoms with Gasteiger partial charge in [0.2, 0.25) is 0 Å². The van der Waals surface area contributed by atoms with Gasteiger partial charge in [0.15, 0.2) is 5.75 Å². The average molecular weight is 245 g/mol. The second-order valence-electron chi connectivity index (χ2n) is 3.26. The van der Waals surface area contributed by atoms with Crippen molar-refractivity contribution in [2.75, 3.05) is 0 Å². The summed E-state index contributed by atoms with van der Waals surface area (Å²) in [5.41, 5.74) is 5.98. The molecule has 0 saturated carbocycles. The Morgan fingerprint density at radius 2 is 2.18 bits per heavy atom. The van der Waals surface area contributed by atoms with Gasteiger partial charge < -0.3 is 10.5 Å². The number of aromatic nitrogens is 1. The van der Waals surface area contributed by atoms with Crippen LogP contribution >= 0.6 is 0 Å². The summed E-state index contributed by atoms with van der Waals surface area (Å²) >= 11 is 0. The van der Waals surface area contributed by atoms with Gasteiger partial charge in [-0.3, -0.25) is 4.98 Å². The fourth-order valence-electron chi connectivity index (χ4n) is 1.39. The molecule has 0 aromatic carbocycles. The fraction of sp³-hybridized carbons (Fsp3) is 0.400. The number of rotatable bonds is 3. The lowest BCUT2D eigenvalue weighted by atomic mass is 10.1. The largest absolute Gasteiger partial charge is 0.573 e. The molecule has 0 amide bonds. The van der Waals surface area contributed by atoms with E-state index in [4.69, 9.17) is 11.0 Å². The first kappa shape index (κ1) is 13.3. The molecule has 0 aliphatic heterocycles. The number of aryl methyl sites for hydroxylation is 1. The maximum Gasteiger partial charge on any atom is 0.573 e. The van der Waals surface area contributed by atoms with E-state index in [-0.39, 0.29) is 24.2 Å². The number of alkyl halides is 3. The molecule has 4 nitrogen and oxygen atoms in total. The SMILES string of the molecule is Cc1ncc(CC#N)c(CN)c1OC(F)(F)F. The van der Waals surface area contributed by atoms with Gasteiger partial charge >= 0.3 is 6.36 Å². The second kappa shape index (κ2) is 5.01.